The molecule has 0 spiro atoms. The van der Waals surface area contributed by atoms with Gasteiger partial charge in [-0.05, 0) is 81.0 Å². The van der Waals surface area contributed by atoms with Crippen LogP contribution in [-0.4, -0.2) is 27.8 Å². The Morgan fingerprint density at radius 2 is 1.94 bits per heavy atom. The average molecular weight is 445 g/mol. The summed E-state index contributed by atoms with van der Waals surface area (Å²) in [5, 5.41) is 28.8. The standard InChI is InChI=1S/C26H40N2O2S/c1-4-5-14-27-23-28-22(16-31-23)26(30)13-10-21-19-7-6-17-15-18(29)8-11-24(17,2)20(19)9-12-25(21,26)3/h15-16,18-21,29-30H,4-14H2,1-3H3,(H,27,28)/t18-,19-,20+,21+,24+,25+,26+/m1/s1. The van der Waals surface area contributed by atoms with Gasteiger partial charge < -0.3 is 15.5 Å². The Bertz CT molecular complexity index is 852. The molecule has 172 valence electrons. The molecule has 0 saturated heterocycles. The molecule has 3 N–H and O–H groups in total. The predicted molar refractivity (Wildman–Crippen MR) is 127 cm³/mol. The van der Waals surface area contributed by atoms with Crippen LogP contribution in [0.4, 0.5) is 5.13 Å². The summed E-state index contributed by atoms with van der Waals surface area (Å²) in [5.41, 5.74) is 1.79. The van der Waals surface area contributed by atoms with Gasteiger partial charge in [0.15, 0.2) is 5.13 Å². The third-order valence-electron chi connectivity index (χ3n) is 9.98. The van der Waals surface area contributed by atoms with Crippen molar-refractivity contribution in [2.75, 3.05) is 11.9 Å². The zero-order valence-electron chi connectivity index (χ0n) is 19.5. The maximum absolute atomic E-state index is 12.1. The fourth-order valence-corrected chi connectivity index (χ4v) is 8.87. The van der Waals surface area contributed by atoms with Crippen LogP contribution in [0.15, 0.2) is 17.0 Å². The fraction of sp³-hybridized carbons (Fsp3) is 0.808. The molecule has 7 atom stereocenters. The van der Waals surface area contributed by atoms with Crippen LogP contribution in [0.2, 0.25) is 0 Å². The second kappa shape index (κ2) is 7.85. The van der Waals surface area contributed by atoms with Crippen LogP contribution in [0.3, 0.4) is 0 Å². The van der Waals surface area contributed by atoms with Crippen LogP contribution in [0.25, 0.3) is 0 Å². The largest absolute Gasteiger partial charge is 0.389 e. The zero-order valence-corrected chi connectivity index (χ0v) is 20.3. The van der Waals surface area contributed by atoms with Crippen molar-refractivity contribution in [1.82, 2.24) is 4.98 Å². The average Bonchev–Trinajstić information content (AvgIpc) is 3.32. The highest BCUT2D eigenvalue weighted by molar-refractivity contribution is 7.13. The van der Waals surface area contributed by atoms with E-state index in [0.717, 1.165) is 62.3 Å². The van der Waals surface area contributed by atoms with Gasteiger partial charge in [-0.3, -0.25) is 0 Å². The summed E-state index contributed by atoms with van der Waals surface area (Å²) in [6.45, 7) is 7.99. The first-order valence-electron chi connectivity index (χ1n) is 12.6. The van der Waals surface area contributed by atoms with E-state index < -0.39 is 5.60 Å². The van der Waals surface area contributed by atoms with E-state index in [4.69, 9.17) is 4.98 Å². The molecule has 0 amide bonds. The Morgan fingerprint density at radius 1 is 1.13 bits per heavy atom. The number of nitrogens with zero attached hydrogens (tertiary/aromatic N) is 1. The zero-order chi connectivity index (χ0) is 21.9. The molecule has 5 heteroatoms. The minimum absolute atomic E-state index is 0.0886. The number of nitrogens with one attached hydrogen (secondary N) is 1. The van der Waals surface area contributed by atoms with Crippen LogP contribution in [0, 0.1) is 28.6 Å². The summed E-state index contributed by atoms with van der Waals surface area (Å²) in [7, 11) is 0. The summed E-state index contributed by atoms with van der Waals surface area (Å²) < 4.78 is 0. The van der Waals surface area contributed by atoms with E-state index in [2.05, 4.69) is 37.5 Å². The van der Waals surface area contributed by atoms with Crippen molar-refractivity contribution >= 4 is 16.5 Å². The van der Waals surface area contributed by atoms with Gasteiger partial charge in [0, 0.05) is 17.3 Å². The van der Waals surface area contributed by atoms with E-state index in [1.54, 1.807) is 11.3 Å². The van der Waals surface area contributed by atoms with Crippen LogP contribution in [0.1, 0.15) is 90.7 Å². The Labute approximate surface area is 191 Å². The normalized spacial score (nSPS) is 44.2. The number of rotatable bonds is 5. The number of anilines is 1. The summed E-state index contributed by atoms with van der Waals surface area (Å²) >= 11 is 1.65. The van der Waals surface area contributed by atoms with Crippen LogP contribution in [0.5, 0.6) is 0 Å². The third kappa shape index (κ3) is 3.25. The Kier molecular flexibility index (Phi) is 5.55. The number of aliphatic hydroxyl groups excluding tert-OH is 1. The molecule has 5 rings (SSSR count). The Balaban J connectivity index is 1.40. The van der Waals surface area contributed by atoms with Gasteiger partial charge in [0.1, 0.15) is 5.60 Å². The van der Waals surface area contributed by atoms with Gasteiger partial charge in [-0.1, -0.05) is 38.8 Å². The second-order valence-corrected chi connectivity index (χ2v) is 12.2. The smallest absolute Gasteiger partial charge is 0.182 e. The van der Waals surface area contributed by atoms with E-state index in [-0.39, 0.29) is 16.9 Å². The topological polar surface area (TPSA) is 65.4 Å². The van der Waals surface area contributed by atoms with Gasteiger partial charge in [-0.2, -0.15) is 0 Å². The number of allylic oxidation sites excluding steroid dienone is 1. The molecule has 1 aromatic rings. The second-order valence-electron chi connectivity index (χ2n) is 11.3. The highest BCUT2D eigenvalue weighted by Crippen LogP contribution is 2.69. The molecule has 1 heterocycles. The summed E-state index contributed by atoms with van der Waals surface area (Å²) in [4.78, 5) is 4.88. The number of aromatic nitrogens is 1. The third-order valence-corrected chi connectivity index (χ3v) is 10.8. The number of hydrogen-bond acceptors (Lipinski definition) is 5. The van der Waals surface area contributed by atoms with E-state index in [0.29, 0.717) is 17.8 Å². The minimum Gasteiger partial charge on any atom is -0.389 e. The van der Waals surface area contributed by atoms with E-state index in [9.17, 15) is 10.2 Å². The Morgan fingerprint density at radius 3 is 2.74 bits per heavy atom. The lowest BCUT2D eigenvalue weighted by Crippen LogP contribution is -2.54. The summed E-state index contributed by atoms with van der Waals surface area (Å²) in [5.74, 6) is 1.95. The van der Waals surface area contributed by atoms with Crippen molar-refractivity contribution in [3.8, 4) is 0 Å². The molecular formula is C26H40N2O2S. The van der Waals surface area contributed by atoms with Crippen molar-refractivity contribution < 1.29 is 10.2 Å². The lowest BCUT2D eigenvalue weighted by molar-refractivity contribution is -0.134. The van der Waals surface area contributed by atoms with E-state index in [1.807, 2.05) is 0 Å². The molecule has 0 unspecified atom stereocenters. The molecule has 0 aromatic carbocycles. The van der Waals surface area contributed by atoms with Crippen molar-refractivity contribution in [3.05, 3.63) is 22.7 Å². The molecule has 4 nitrogen and oxygen atoms in total. The summed E-state index contributed by atoms with van der Waals surface area (Å²) in [6, 6.07) is 0. The molecule has 31 heavy (non-hydrogen) atoms. The molecule has 4 aliphatic carbocycles. The monoisotopic (exact) mass is 444 g/mol. The fourth-order valence-electron chi connectivity index (χ4n) is 8.06. The first-order valence-corrected chi connectivity index (χ1v) is 13.5. The number of hydrogen-bond donors (Lipinski definition) is 3. The maximum atomic E-state index is 12.1. The highest BCUT2D eigenvalue weighted by Gasteiger charge is 2.65. The van der Waals surface area contributed by atoms with Crippen molar-refractivity contribution in [1.29, 1.82) is 0 Å². The number of fused-ring (bicyclic) bond motifs is 5. The van der Waals surface area contributed by atoms with Crippen LogP contribution in [-0.2, 0) is 5.60 Å². The molecular weight excluding hydrogens is 404 g/mol. The van der Waals surface area contributed by atoms with Gasteiger partial charge in [0.25, 0.3) is 0 Å². The van der Waals surface area contributed by atoms with Gasteiger partial charge in [0.2, 0.25) is 0 Å². The molecule has 3 fully saturated rings. The SMILES string of the molecule is CCCCNc1nc([C@@]2(O)CC[C@H]3[C@@H]4CCC5=C[C@H](O)CC[C@]5(C)[C@H]4CC[C@@]32C)cs1. The predicted octanol–water partition coefficient (Wildman–Crippen LogP) is 5.87. The van der Waals surface area contributed by atoms with Crippen molar-refractivity contribution in [3.63, 3.8) is 0 Å². The Hall–Kier alpha value is -0.910. The first kappa shape index (κ1) is 21.9. The molecule has 0 aliphatic heterocycles. The molecule has 1 aromatic heterocycles. The molecule has 3 saturated carbocycles. The van der Waals surface area contributed by atoms with Gasteiger partial charge in [-0.15, -0.1) is 11.3 Å². The van der Waals surface area contributed by atoms with Crippen LogP contribution < -0.4 is 5.32 Å². The maximum Gasteiger partial charge on any atom is 0.182 e. The van der Waals surface area contributed by atoms with Gasteiger partial charge in [0.05, 0.1) is 11.8 Å². The quantitative estimate of drug-likeness (QED) is 0.393. The number of aliphatic hydroxyl groups is 2. The van der Waals surface area contributed by atoms with E-state index in [1.165, 1.54) is 24.8 Å². The lowest BCUT2D eigenvalue weighted by atomic mass is 9.46. The molecule has 4 aliphatic rings. The van der Waals surface area contributed by atoms with E-state index >= 15 is 0 Å². The highest BCUT2D eigenvalue weighted by atomic mass is 32.1. The van der Waals surface area contributed by atoms with Gasteiger partial charge >= 0.3 is 0 Å². The van der Waals surface area contributed by atoms with Gasteiger partial charge in [-0.25, -0.2) is 4.98 Å². The molecule has 0 radical (unpaired) electrons. The lowest BCUT2D eigenvalue weighted by Gasteiger charge is -2.59. The number of unbranched alkanes of at least 4 members (excludes halogenated alkanes) is 1. The van der Waals surface area contributed by atoms with Crippen LogP contribution >= 0.6 is 11.3 Å². The van der Waals surface area contributed by atoms with Crippen molar-refractivity contribution in [2.45, 2.75) is 96.7 Å². The number of thiazole rings is 1. The van der Waals surface area contributed by atoms with Crippen molar-refractivity contribution in [2.24, 2.45) is 28.6 Å². The molecule has 0 bridgehead atoms. The summed E-state index contributed by atoms with van der Waals surface area (Å²) in [6.07, 6.45) is 12.9. The first-order chi connectivity index (χ1) is 14.8. The minimum atomic E-state index is -0.802.